The quantitative estimate of drug-likeness (QED) is 0.148. The number of carbonyl (C=O) groups is 1. The Hall–Kier alpha value is -0.690. The van der Waals surface area contributed by atoms with E-state index in [1.807, 2.05) is 0 Å². The first kappa shape index (κ1) is 26.3. The minimum Gasteiger partial charge on any atom is -0.743 e. The van der Waals surface area contributed by atoms with Gasteiger partial charge in [0.15, 0.2) is 15.9 Å². The maximum atomic E-state index is 13.6. The van der Waals surface area contributed by atoms with Crippen molar-refractivity contribution >= 4 is 61.5 Å². The Morgan fingerprint density at radius 3 is 1.86 bits per heavy atom. The highest BCUT2D eigenvalue weighted by Crippen LogP contribution is 2.40. The van der Waals surface area contributed by atoms with E-state index in [1.54, 1.807) is 20.8 Å². The normalized spacial score (nSPS) is 14.3. The molecule has 0 radical (unpaired) electrons. The summed E-state index contributed by atoms with van der Waals surface area (Å²) >= 11 is 3.04. The topological polar surface area (TPSA) is 102 Å². The van der Waals surface area contributed by atoms with Crippen molar-refractivity contribution in [2.45, 2.75) is 43.9 Å². The SMILES string of the molecule is CC(C)(C)OC(=O)Oc1c(I)cc(OC(C(F)(F)F)C(F)(F)S(=O)(=O)[O-])cc1I. The monoisotopic (exact) mass is 673 g/mol. The van der Waals surface area contributed by atoms with Crippen LogP contribution < -0.4 is 9.47 Å². The van der Waals surface area contributed by atoms with Crippen molar-refractivity contribution in [3.63, 3.8) is 0 Å². The molecule has 0 N–H and O–H groups in total. The first-order chi connectivity index (χ1) is 12.8. The molecule has 1 unspecified atom stereocenters. The van der Waals surface area contributed by atoms with Crippen molar-refractivity contribution in [3.8, 4) is 11.5 Å². The van der Waals surface area contributed by atoms with Crippen LogP contribution in [0.3, 0.4) is 0 Å². The zero-order valence-corrected chi connectivity index (χ0v) is 19.8. The minimum absolute atomic E-state index is 0.0374. The number of halogens is 7. The Kier molecular flexibility index (Phi) is 8.01. The van der Waals surface area contributed by atoms with E-state index in [2.05, 4.69) is 4.74 Å². The summed E-state index contributed by atoms with van der Waals surface area (Å²) in [6.07, 6.45) is -11.3. The molecule has 0 saturated carbocycles. The summed E-state index contributed by atoms with van der Waals surface area (Å²) in [5, 5.41) is -5.78. The van der Waals surface area contributed by atoms with Crippen molar-refractivity contribution in [3.05, 3.63) is 19.3 Å². The Labute approximate surface area is 189 Å². The highest BCUT2D eigenvalue weighted by atomic mass is 127. The fraction of sp³-hybridized carbons (Fsp3) is 0.500. The van der Waals surface area contributed by atoms with Crippen LogP contribution in [0.4, 0.5) is 26.7 Å². The molecule has 0 aromatic heterocycles. The zero-order chi connectivity index (χ0) is 23.0. The molecule has 1 rings (SSSR count). The molecule has 7 nitrogen and oxygen atoms in total. The van der Waals surface area contributed by atoms with Gasteiger partial charge in [-0.2, -0.15) is 22.0 Å². The molecule has 0 spiro atoms. The van der Waals surface area contributed by atoms with Crippen molar-refractivity contribution in [1.82, 2.24) is 0 Å². The number of hydrogen-bond acceptors (Lipinski definition) is 7. The van der Waals surface area contributed by atoms with E-state index in [4.69, 9.17) is 9.47 Å². The van der Waals surface area contributed by atoms with Crippen molar-refractivity contribution in [2.75, 3.05) is 0 Å². The lowest BCUT2D eigenvalue weighted by molar-refractivity contribution is -0.239. The maximum Gasteiger partial charge on any atom is 0.514 e. The van der Waals surface area contributed by atoms with Gasteiger partial charge in [-0.3, -0.25) is 0 Å². The van der Waals surface area contributed by atoms with Crippen LogP contribution in [0, 0.1) is 7.14 Å². The molecule has 0 aliphatic rings. The smallest absolute Gasteiger partial charge is 0.514 e. The van der Waals surface area contributed by atoms with E-state index >= 15 is 0 Å². The van der Waals surface area contributed by atoms with Crippen LogP contribution in [0.25, 0.3) is 0 Å². The third-order valence-electron chi connectivity index (χ3n) is 2.74. The van der Waals surface area contributed by atoms with Crippen molar-refractivity contribution < 1.29 is 53.9 Å². The summed E-state index contributed by atoms with van der Waals surface area (Å²) in [5.74, 6) is -0.986. The number of rotatable bonds is 5. The van der Waals surface area contributed by atoms with Gasteiger partial charge in [0.1, 0.15) is 11.4 Å². The molecule has 15 heteroatoms. The number of ether oxygens (including phenoxy) is 3. The summed E-state index contributed by atoms with van der Waals surface area (Å²) < 4.78 is 112. The van der Waals surface area contributed by atoms with Gasteiger partial charge in [-0.1, -0.05) is 0 Å². The third-order valence-corrected chi connectivity index (χ3v) is 5.22. The third kappa shape index (κ3) is 7.20. The van der Waals surface area contributed by atoms with Gasteiger partial charge in [-0.25, -0.2) is 13.2 Å². The lowest BCUT2D eigenvalue weighted by Gasteiger charge is -2.30. The molecule has 1 aromatic carbocycles. The van der Waals surface area contributed by atoms with Gasteiger partial charge in [-0.05, 0) is 78.1 Å². The summed E-state index contributed by atoms with van der Waals surface area (Å²) in [7, 11) is -6.68. The second-order valence-electron chi connectivity index (χ2n) is 6.34. The second-order valence-corrected chi connectivity index (χ2v) is 10.1. The maximum absolute atomic E-state index is 13.6. The van der Waals surface area contributed by atoms with Gasteiger partial charge >= 0.3 is 17.6 Å². The average Bonchev–Trinajstić information content (AvgIpc) is 2.44. The molecule has 0 amide bonds. The number of carbonyl (C=O) groups excluding carboxylic acids is 1. The highest BCUT2D eigenvalue weighted by molar-refractivity contribution is 14.1. The Balaban J connectivity index is 3.25. The first-order valence-electron chi connectivity index (χ1n) is 7.22. The van der Waals surface area contributed by atoms with E-state index in [9.17, 15) is 39.7 Å². The molecule has 1 atom stereocenters. The molecule has 0 saturated heterocycles. The average molecular weight is 673 g/mol. The van der Waals surface area contributed by atoms with Gasteiger partial charge in [0.2, 0.25) is 0 Å². The van der Waals surface area contributed by atoms with E-state index in [-0.39, 0.29) is 12.9 Å². The fourth-order valence-electron chi connectivity index (χ4n) is 1.65. The van der Waals surface area contributed by atoms with Crippen LogP contribution in [0.5, 0.6) is 11.5 Å². The van der Waals surface area contributed by atoms with Crippen LogP contribution in [0.1, 0.15) is 20.8 Å². The van der Waals surface area contributed by atoms with Gasteiger partial charge in [0.05, 0.1) is 7.14 Å². The lowest BCUT2D eigenvalue weighted by atomic mass is 10.2. The first-order valence-corrected chi connectivity index (χ1v) is 10.8. The van der Waals surface area contributed by atoms with Gasteiger partial charge in [-0.15, -0.1) is 0 Å². The highest BCUT2D eigenvalue weighted by Gasteiger charge is 2.62. The number of hydrogen-bond donors (Lipinski definition) is 0. The van der Waals surface area contributed by atoms with Crippen LogP contribution in [0.2, 0.25) is 0 Å². The minimum atomic E-state index is -6.68. The van der Waals surface area contributed by atoms with Gasteiger partial charge in [0, 0.05) is 0 Å². The van der Waals surface area contributed by atoms with E-state index in [1.165, 1.54) is 45.2 Å². The van der Waals surface area contributed by atoms with E-state index < -0.39 is 45.2 Å². The molecule has 29 heavy (non-hydrogen) atoms. The molecule has 166 valence electrons. The summed E-state index contributed by atoms with van der Waals surface area (Å²) in [6.45, 7) is 4.67. The lowest BCUT2D eigenvalue weighted by Crippen LogP contribution is -2.53. The molecule has 0 aliphatic heterocycles. The summed E-state index contributed by atoms with van der Waals surface area (Å²) in [6, 6.07) is 1.57. The van der Waals surface area contributed by atoms with E-state index in [0.29, 0.717) is 0 Å². The van der Waals surface area contributed by atoms with Crippen molar-refractivity contribution in [1.29, 1.82) is 0 Å². The molecular weight excluding hydrogens is 661 g/mol. The summed E-state index contributed by atoms with van der Waals surface area (Å²) in [4.78, 5) is 11.7. The predicted octanol–water partition coefficient (Wildman–Crippen LogP) is 4.66. The summed E-state index contributed by atoms with van der Waals surface area (Å²) in [5.41, 5.74) is -0.896. The largest absolute Gasteiger partial charge is 0.743 e. The second kappa shape index (κ2) is 8.81. The molecular formula is C14H12F5I2O7S-. The zero-order valence-electron chi connectivity index (χ0n) is 14.6. The van der Waals surface area contributed by atoms with Crippen LogP contribution in [-0.2, 0) is 14.9 Å². The molecule has 0 heterocycles. The fourth-order valence-corrected chi connectivity index (χ4v) is 4.02. The molecule has 0 bridgehead atoms. The number of benzene rings is 1. The Morgan fingerprint density at radius 1 is 1.07 bits per heavy atom. The Morgan fingerprint density at radius 2 is 1.52 bits per heavy atom. The van der Waals surface area contributed by atoms with E-state index in [0.717, 1.165) is 12.1 Å². The molecule has 0 fully saturated rings. The predicted molar refractivity (Wildman–Crippen MR) is 104 cm³/mol. The number of alkyl halides is 5. The van der Waals surface area contributed by atoms with Crippen molar-refractivity contribution in [2.24, 2.45) is 0 Å². The van der Waals surface area contributed by atoms with Gasteiger partial charge in [0.25, 0.3) is 6.10 Å². The van der Waals surface area contributed by atoms with Crippen LogP contribution in [0.15, 0.2) is 12.1 Å². The van der Waals surface area contributed by atoms with Gasteiger partial charge < -0.3 is 18.8 Å². The Bertz CT molecular complexity index is 858. The molecule has 0 aliphatic carbocycles. The standard InChI is InChI=1S/C14H13F5I2O7S/c1-12(2,3)28-11(22)27-9-7(20)4-6(5-8(9)21)26-10(13(15,16)17)14(18,19)29(23,24)25/h4-5,10H,1-3H3,(H,23,24,25)/p-1. The van der Waals surface area contributed by atoms with Crippen LogP contribution >= 0.6 is 45.2 Å². The molecule has 1 aromatic rings. The van der Waals surface area contributed by atoms with Crippen LogP contribution in [-0.4, -0.2) is 42.3 Å².